The summed E-state index contributed by atoms with van der Waals surface area (Å²) in [5, 5.41) is 8.75. The summed E-state index contributed by atoms with van der Waals surface area (Å²) in [6, 6.07) is 6.43. The third kappa shape index (κ3) is 7.04. The molecule has 0 aliphatic carbocycles. The summed E-state index contributed by atoms with van der Waals surface area (Å²) in [5.74, 6) is 1.35. The van der Waals surface area contributed by atoms with Crippen molar-refractivity contribution < 1.29 is 13.2 Å². The molecule has 0 aromatic heterocycles. The zero-order valence-electron chi connectivity index (χ0n) is 13.6. The van der Waals surface area contributed by atoms with Gasteiger partial charge in [0.2, 0.25) is 15.9 Å². The first-order valence-corrected chi connectivity index (χ1v) is 12.0. The number of hydrogen-bond acceptors (Lipinski definition) is 5. The van der Waals surface area contributed by atoms with Crippen molar-refractivity contribution in [1.82, 2.24) is 5.32 Å². The average Bonchev–Trinajstić information content (AvgIpc) is 3.04. The highest BCUT2D eigenvalue weighted by molar-refractivity contribution is 8.77. The number of primary sulfonamides is 1. The SMILES string of the molecule is NS(=O)(=O)c1ccc(CCNC(=O)CCCCC2CCSS2)cc1. The van der Waals surface area contributed by atoms with E-state index in [0.29, 0.717) is 19.4 Å². The number of nitrogens with one attached hydrogen (secondary N) is 1. The Balaban J connectivity index is 1.58. The van der Waals surface area contributed by atoms with Crippen LogP contribution in [-0.4, -0.2) is 31.9 Å². The van der Waals surface area contributed by atoms with Gasteiger partial charge >= 0.3 is 0 Å². The van der Waals surface area contributed by atoms with Gasteiger partial charge in [-0.3, -0.25) is 4.79 Å². The van der Waals surface area contributed by atoms with Gasteiger partial charge in [0.25, 0.3) is 0 Å². The predicted molar refractivity (Wildman–Crippen MR) is 101 cm³/mol. The van der Waals surface area contributed by atoms with Gasteiger partial charge in [-0.15, -0.1) is 0 Å². The van der Waals surface area contributed by atoms with Crippen molar-refractivity contribution in [3.63, 3.8) is 0 Å². The van der Waals surface area contributed by atoms with Crippen LogP contribution in [0.2, 0.25) is 0 Å². The Morgan fingerprint density at radius 2 is 2.00 bits per heavy atom. The van der Waals surface area contributed by atoms with Crippen molar-refractivity contribution in [2.45, 2.75) is 48.7 Å². The Hall–Kier alpha value is -0.700. The molecule has 1 fully saturated rings. The van der Waals surface area contributed by atoms with Gasteiger partial charge in [-0.2, -0.15) is 0 Å². The lowest BCUT2D eigenvalue weighted by atomic mass is 10.1. The number of carbonyl (C=O) groups excluding carboxylic acids is 1. The first-order valence-electron chi connectivity index (χ1n) is 8.12. The quantitative estimate of drug-likeness (QED) is 0.501. The molecular formula is C16H24N2O3S3. The van der Waals surface area contributed by atoms with E-state index in [9.17, 15) is 13.2 Å². The lowest BCUT2D eigenvalue weighted by Crippen LogP contribution is -2.25. The van der Waals surface area contributed by atoms with Gasteiger partial charge in [0.05, 0.1) is 4.90 Å². The molecular weight excluding hydrogens is 364 g/mol. The molecule has 0 spiro atoms. The monoisotopic (exact) mass is 388 g/mol. The molecule has 0 saturated carbocycles. The van der Waals surface area contributed by atoms with Gasteiger partial charge in [0.1, 0.15) is 0 Å². The van der Waals surface area contributed by atoms with Gasteiger partial charge in [0, 0.05) is 24.0 Å². The summed E-state index contributed by atoms with van der Waals surface area (Å²) < 4.78 is 22.3. The molecule has 1 aromatic carbocycles. The van der Waals surface area contributed by atoms with E-state index >= 15 is 0 Å². The number of benzene rings is 1. The smallest absolute Gasteiger partial charge is 0.238 e. The molecule has 1 heterocycles. The van der Waals surface area contributed by atoms with E-state index in [-0.39, 0.29) is 10.8 Å². The fourth-order valence-electron chi connectivity index (χ4n) is 2.50. The average molecular weight is 389 g/mol. The van der Waals surface area contributed by atoms with Crippen LogP contribution in [0.4, 0.5) is 0 Å². The van der Waals surface area contributed by atoms with Gasteiger partial charge in [0.15, 0.2) is 0 Å². The maximum absolute atomic E-state index is 11.8. The topological polar surface area (TPSA) is 89.3 Å². The largest absolute Gasteiger partial charge is 0.356 e. The van der Waals surface area contributed by atoms with E-state index in [1.807, 2.05) is 21.6 Å². The molecule has 1 amide bonds. The molecule has 1 aromatic rings. The molecule has 1 unspecified atom stereocenters. The molecule has 0 radical (unpaired) electrons. The van der Waals surface area contributed by atoms with E-state index in [0.717, 1.165) is 23.7 Å². The summed E-state index contributed by atoms with van der Waals surface area (Å²) in [5.41, 5.74) is 0.971. The minimum atomic E-state index is -3.65. The van der Waals surface area contributed by atoms with Gasteiger partial charge in [-0.05, 0) is 43.4 Å². The number of carbonyl (C=O) groups is 1. The van der Waals surface area contributed by atoms with Crippen molar-refractivity contribution >= 4 is 37.5 Å². The zero-order valence-corrected chi connectivity index (χ0v) is 16.0. The summed E-state index contributed by atoms with van der Waals surface area (Å²) in [4.78, 5) is 11.9. The Labute approximate surface area is 152 Å². The molecule has 134 valence electrons. The van der Waals surface area contributed by atoms with Crippen LogP contribution < -0.4 is 10.5 Å². The van der Waals surface area contributed by atoms with Crippen molar-refractivity contribution in [3.05, 3.63) is 29.8 Å². The van der Waals surface area contributed by atoms with Gasteiger partial charge < -0.3 is 5.32 Å². The highest BCUT2D eigenvalue weighted by atomic mass is 33.1. The van der Waals surface area contributed by atoms with Crippen LogP contribution in [0.25, 0.3) is 0 Å². The Morgan fingerprint density at radius 1 is 1.25 bits per heavy atom. The standard InChI is InChI=1S/C16H24N2O3S3/c17-24(20,21)15-7-5-13(6-8-15)9-11-18-16(19)4-2-1-3-14-10-12-22-23-14/h5-8,14H,1-4,9-12H2,(H,18,19)(H2,17,20,21). The molecule has 1 saturated heterocycles. The summed E-state index contributed by atoms with van der Waals surface area (Å²) in [7, 11) is 0.295. The molecule has 1 atom stereocenters. The first-order chi connectivity index (χ1) is 11.4. The first kappa shape index (κ1) is 19.6. The second-order valence-electron chi connectivity index (χ2n) is 5.86. The molecule has 0 bridgehead atoms. The van der Waals surface area contributed by atoms with Crippen LogP contribution in [0.5, 0.6) is 0 Å². The summed E-state index contributed by atoms with van der Waals surface area (Å²) >= 11 is 0. The third-order valence-corrected chi connectivity index (χ3v) is 7.83. The minimum absolute atomic E-state index is 0.0876. The maximum Gasteiger partial charge on any atom is 0.238 e. The second-order valence-corrected chi connectivity index (χ2v) is 10.2. The molecule has 24 heavy (non-hydrogen) atoms. The molecule has 8 heteroatoms. The van der Waals surface area contributed by atoms with Crippen LogP contribution in [-0.2, 0) is 21.2 Å². The van der Waals surface area contributed by atoms with Crippen LogP contribution in [0.15, 0.2) is 29.2 Å². The molecule has 2 rings (SSSR count). The molecule has 1 aliphatic rings. The number of rotatable bonds is 9. The Bertz CT molecular complexity index is 626. The van der Waals surface area contributed by atoms with Crippen LogP contribution in [0.3, 0.4) is 0 Å². The maximum atomic E-state index is 11.8. The van der Waals surface area contributed by atoms with Crippen LogP contribution in [0, 0.1) is 0 Å². The Kier molecular flexibility index (Phi) is 7.93. The summed E-state index contributed by atoms with van der Waals surface area (Å²) in [6.07, 6.45) is 5.81. The van der Waals surface area contributed by atoms with Gasteiger partial charge in [-0.1, -0.05) is 40.1 Å². The van der Waals surface area contributed by atoms with Crippen LogP contribution >= 0.6 is 21.6 Å². The number of nitrogens with two attached hydrogens (primary N) is 1. The fraction of sp³-hybridized carbons (Fsp3) is 0.562. The summed E-state index contributed by atoms with van der Waals surface area (Å²) in [6.45, 7) is 0.558. The Morgan fingerprint density at radius 3 is 2.62 bits per heavy atom. The van der Waals surface area contributed by atoms with Crippen molar-refractivity contribution in [2.75, 3.05) is 12.3 Å². The van der Waals surface area contributed by atoms with Crippen LogP contribution in [0.1, 0.15) is 37.7 Å². The predicted octanol–water partition coefficient (Wildman–Crippen LogP) is 2.71. The van der Waals surface area contributed by atoms with E-state index in [1.165, 1.54) is 30.7 Å². The number of amides is 1. The lowest BCUT2D eigenvalue weighted by Gasteiger charge is -2.08. The zero-order chi connectivity index (χ0) is 17.4. The van der Waals surface area contributed by atoms with Crippen molar-refractivity contribution in [3.8, 4) is 0 Å². The highest BCUT2D eigenvalue weighted by Crippen LogP contribution is 2.39. The number of hydrogen-bond donors (Lipinski definition) is 2. The normalized spacial score (nSPS) is 17.8. The van der Waals surface area contributed by atoms with Gasteiger partial charge in [-0.25, -0.2) is 13.6 Å². The van der Waals surface area contributed by atoms with E-state index < -0.39 is 10.0 Å². The van der Waals surface area contributed by atoms with E-state index in [4.69, 9.17) is 5.14 Å². The minimum Gasteiger partial charge on any atom is -0.356 e. The second kappa shape index (κ2) is 9.70. The number of unbranched alkanes of at least 4 members (excludes halogenated alkanes) is 1. The third-order valence-electron chi connectivity index (χ3n) is 3.89. The number of sulfonamides is 1. The van der Waals surface area contributed by atoms with Crippen molar-refractivity contribution in [1.29, 1.82) is 0 Å². The lowest BCUT2D eigenvalue weighted by molar-refractivity contribution is -0.121. The fourth-order valence-corrected chi connectivity index (χ4v) is 6.05. The molecule has 1 aliphatic heterocycles. The van der Waals surface area contributed by atoms with Crippen molar-refractivity contribution in [2.24, 2.45) is 5.14 Å². The van der Waals surface area contributed by atoms with E-state index in [1.54, 1.807) is 12.1 Å². The molecule has 5 nitrogen and oxygen atoms in total. The van der Waals surface area contributed by atoms with E-state index in [2.05, 4.69) is 5.32 Å². The molecule has 3 N–H and O–H groups in total. The highest BCUT2D eigenvalue weighted by Gasteiger charge is 2.15.